The number of hydrogen-bond donors (Lipinski definition) is 1. The van der Waals surface area contributed by atoms with Crippen molar-refractivity contribution in [3.63, 3.8) is 0 Å². The zero-order chi connectivity index (χ0) is 14.3. The zero-order valence-corrected chi connectivity index (χ0v) is 13.2. The second kappa shape index (κ2) is 4.92. The van der Waals surface area contributed by atoms with Crippen molar-refractivity contribution < 1.29 is 0 Å². The molecule has 3 rings (SSSR count). The van der Waals surface area contributed by atoms with E-state index in [1.165, 1.54) is 29.3 Å². The van der Waals surface area contributed by atoms with Gasteiger partial charge in [-0.3, -0.25) is 0 Å². The Labute approximate surface area is 122 Å². The van der Waals surface area contributed by atoms with E-state index in [-0.39, 0.29) is 5.41 Å². The topological polar surface area (TPSA) is 17.0 Å². The quantitative estimate of drug-likeness (QED) is 0.830. The lowest BCUT2D eigenvalue weighted by atomic mass is 9.84. The van der Waals surface area contributed by atoms with Crippen molar-refractivity contribution in [1.82, 2.24) is 9.88 Å². The lowest BCUT2D eigenvalue weighted by molar-refractivity contribution is 0.462. The molecule has 1 aromatic carbocycles. The fourth-order valence-corrected chi connectivity index (χ4v) is 3.35. The summed E-state index contributed by atoms with van der Waals surface area (Å²) in [5.74, 6) is 0.718. The molecule has 0 radical (unpaired) electrons. The van der Waals surface area contributed by atoms with E-state index in [0.29, 0.717) is 0 Å². The van der Waals surface area contributed by atoms with Crippen molar-refractivity contribution in [2.75, 3.05) is 13.1 Å². The van der Waals surface area contributed by atoms with Gasteiger partial charge in [-0.1, -0.05) is 26.8 Å². The van der Waals surface area contributed by atoms with Crippen LogP contribution in [0.15, 0.2) is 24.4 Å². The van der Waals surface area contributed by atoms with Crippen molar-refractivity contribution in [2.24, 2.45) is 7.05 Å². The molecule has 0 unspecified atom stereocenters. The maximum atomic E-state index is 3.47. The molecule has 0 atom stereocenters. The molecular formula is C18H26N2. The second-order valence-electron chi connectivity index (χ2n) is 7.20. The summed E-state index contributed by atoms with van der Waals surface area (Å²) in [5.41, 5.74) is 4.57. The fraction of sp³-hybridized carbons (Fsp3) is 0.556. The van der Waals surface area contributed by atoms with E-state index in [4.69, 9.17) is 0 Å². The highest BCUT2D eigenvalue weighted by atomic mass is 14.9. The van der Waals surface area contributed by atoms with Gasteiger partial charge in [0.05, 0.1) is 0 Å². The van der Waals surface area contributed by atoms with E-state index in [2.05, 4.69) is 62.1 Å². The summed E-state index contributed by atoms with van der Waals surface area (Å²) in [6.45, 7) is 9.18. The number of hydrogen-bond acceptors (Lipinski definition) is 1. The number of piperidine rings is 1. The van der Waals surface area contributed by atoms with Gasteiger partial charge >= 0.3 is 0 Å². The Bertz CT molecular complexity index is 610. The highest BCUT2D eigenvalue weighted by Crippen LogP contribution is 2.35. The second-order valence-corrected chi connectivity index (χ2v) is 7.20. The van der Waals surface area contributed by atoms with E-state index >= 15 is 0 Å². The largest absolute Gasteiger partial charge is 0.350 e. The highest BCUT2D eigenvalue weighted by Gasteiger charge is 2.21. The Morgan fingerprint density at radius 3 is 2.50 bits per heavy atom. The smallest absolute Gasteiger partial charge is 0.0480 e. The molecule has 20 heavy (non-hydrogen) atoms. The van der Waals surface area contributed by atoms with Crippen LogP contribution in [0, 0.1) is 0 Å². The fourth-order valence-electron chi connectivity index (χ4n) is 3.35. The molecule has 108 valence electrons. The van der Waals surface area contributed by atoms with Gasteiger partial charge in [-0.15, -0.1) is 0 Å². The third-order valence-corrected chi connectivity index (χ3v) is 4.67. The first-order valence-electron chi connectivity index (χ1n) is 7.77. The highest BCUT2D eigenvalue weighted by molar-refractivity contribution is 5.85. The van der Waals surface area contributed by atoms with Crippen LogP contribution in [-0.4, -0.2) is 17.7 Å². The number of rotatable bonds is 1. The molecule has 0 aliphatic carbocycles. The van der Waals surface area contributed by atoms with Crippen LogP contribution in [0.3, 0.4) is 0 Å². The van der Waals surface area contributed by atoms with Gasteiger partial charge in [0.1, 0.15) is 0 Å². The van der Waals surface area contributed by atoms with Gasteiger partial charge < -0.3 is 9.88 Å². The Hall–Kier alpha value is -1.28. The van der Waals surface area contributed by atoms with Gasteiger partial charge in [-0.25, -0.2) is 0 Å². The van der Waals surface area contributed by atoms with E-state index in [9.17, 15) is 0 Å². The van der Waals surface area contributed by atoms with Crippen molar-refractivity contribution >= 4 is 10.9 Å². The van der Waals surface area contributed by atoms with Crippen molar-refractivity contribution in [3.05, 3.63) is 35.5 Å². The normalized spacial score (nSPS) is 17.8. The molecule has 0 spiro atoms. The summed E-state index contributed by atoms with van der Waals surface area (Å²) in [7, 11) is 2.17. The van der Waals surface area contributed by atoms with E-state index < -0.39 is 0 Å². The molecule has 0 saturated carbocycles. The average molecular weight is 270 g/mol. The molecule has 0 bridgehead atoms. The van der Waals surface area contributed by atoms with Crippen LogP contribution in [0.1, 0.15) is 50.7 Å². The van der Waals surface area contributed by atoms with Gasteiger partial charge in [0.15, 0.2) is 0 Å². The van der Waals surface area contributed by atoms with Crippen LogP contribution in [0.4, 0.5) is 0 Å². The third kappa shape index (κ3) is 2.37. The summed E-state index contributed by atoms with van der Waals surface area (Å²) in [6.07, 6.45) is 4.88. The molecule has 2 nitrogen and oxygen atoms in total. The monoisotopic (exact) mass is 270 g/mol. The summed E-state index contributed by atoms with van der Waals surface area (Å²) < 4.78 is 2.29. The van der Waals surface area contributed by atoms with Gasteiger partial charge in [0.25, 0.3) is 0 Å². The van der Waals surface area contributed by atoms with Crippen LogP contribution < -0.4 is 5.32 Å². The lowest BCUT2D eigenvalue weighted by Gasteiger charge is -2.23. The average Bonchev–Trinajstić information content (AvgIpc) is 2.76. The minimum Gasteiger partial charge on any atom is -0.350 e. The van der Waals surface area contributed by atoms with Crippen LogP contribution in [0.2, 0.25) is 0 Å². The molecular weight excluding hydrogens is 244 g/mol. The molecule has 1 aliphatic rings. The Morgan fingerprint density at radius 1 is 1.15 bits per heavy atom. The molecule has 1 fully saturated rings. The van der Waals surface area contributed by atoms with E-state index in [1.54, 1.807) is 5.56 Å². The standard InChI is InChI=1S/C18H26N2/c1-18(2,3)14-5-6-17-15(11-14)16(12-20(17)4)13-7-9-19-10-8-13/h5-6,11-13,19H,7-10H2,1-4H3. The predicted octanol–water partition coefficient (Wildman–Crippen LogP) is 3.94. The van der Waals surface area contributed by atoms with Crippen LogP contribution >= 0.6 is 0 Å². The first-order valence-corrected chi connectivity index (χ1v) is 7.77. The first-order chi connectivity index (χ1) is 9.47. The predicted molar refractivity (Wildman–Crippen MR) is 86.5 cm³/mol. The number of fused-ring (bicyclic) bond motifs is 1. The van der Waals surface area contributed by atoms with Crippen LogP contribution in [0.25, 0.3) is 10.9 Å². The third-order valence-electron chi connectivity index (χ3n) is 4.67. The Balaban J connectivity index is 2.11. The molecule has 2 aromatic rings. The molecule has 0 amide bonds. The summed E-state index contributed by atoms with van der Waals surface area (Å²) >= 11 is 0. The summed E-state index contributed by atoms with van der Waals surface area (Å²) in [6, 6.07) is 7.00. The maximum absolute atomic E-state index is 3.47. The summed E-state index contributed by atoms with van der Waals surface area (Å²) in [4.78, 5) is 0. The number of aromatic nitrogens is 1. The van der Waals surface area contributed by atoms with Crippen molar-refractivity contribution in [3.8, 4) is 0 Å². The van der Waals surface area contributed by atoms with Gasteiger partial charge in [0.2, 0.25) is 0 Å². The van der Waals surface area contributed by atoms with Gasteiger partial charge in [-0.05, 0) is 60.5 Å². The Kier molecular flexibility index (Phi) is 3.37. The molecule has 1 saturated heterocycles. The maximum Gasteiger partial charge on any atom is 0.0480 e. The van der Waals surface area contributed by atoms with Gasteiger partial charge in [0, 0.05) is 24.1 Å². The van der Waals surface area contributed by atoms with E-state index in [1.807, 2.05) is 0 Å². The minimum absolute atomic E-state index is 0.218. The van der Waals surface area contributed by atoms with Crippen molar-refractivity contribution in [1.29, 1.82) is 0 Å². The molecule has 1 N–H and O–H groups in total. The molecule has 2 heteroatoms. The lowest BCUT2D eigenvalue weighted by Crippen LogP contribution is -2.26. The molecule has 1 aromatic heterocycles. The number of benzene rings is 1. The van der Waals surface area contributed by atoms with Gasteiger partial charge in [-0.2, -0.15) is 0 Å². The summed E-state index contributed by atoms with van der Waals surface area (Å²) in [5, 5.41) is 4.93. The van der Waals surface area contributed by atoms with E-state index in [0.717, 1.165) is 19.0 Å². The Morgan fingerprint density at radius 2 is 1.85 bits per heavy atom. The van der Waals surface area contributed by atoms with Crippen LogP contribution in [0.5, 0.6) is 0 Å². The van der Waals surface area contributed by atoms with Crippen LogP contribution in [-0.2, 0) is 12.5 Å². The SMILES string of the molecule is Cn1cc(C2CCNCC2)c2cc(C(C)(C)C)ccc21. The minimum atomic E-state index is 0.218. The number of aryl methyl sites for hydroxylation is 1. The number of nitrogens with zero attached hydrogens (tertiary/aromatic N) is 1. The zero-order valence-electron chi connectivity index (χ0n) is 13.2. The van der Waals surface area contributed by atoms with Crippen molar-refractivity contribution in [2.45, 2.75) is 44.9 Å². The molecule has 2 heterocycles. The molecule has 1 aliphatic heterocycles. The number of nitrogens with one attached hydrogen (secondary N) is 1. The first kappa shape index (κ1) is 13.7.